The van der Waals surface area contributed by atoms with Gasteiger partial charge in [0, 0.05) is 35.6 Å². The lowest BCUT2D eigenvalue weighted by Gasteiger charge is -2.13. The van der Waals surface area contributed by atoms with Crippen molar-refractivity contribution in [3.8, 4) is 0 Å². The third kappa shape index (κ3) is 6.60. The van der Waals surface area contributed by atoms with Crippen LogP contribution >= 0.6 is 0 Å². The molecular formula is C28H40N4O2. The van der Waals surface area contributed by atoms with Crippen LogP contribution in [-0.4, -0.2) is 36.9 Å². The highest BCUT2D eigenvalue weighted by molar-refractivity contribution is 6.34. The van der Waals surface area contributed by atoms with Crippen molar-refractivity contribution in [2.75, 3.05) is 25.5 Å². The molecule has 1 aromatic heterocycles. The molecule has 1 atom stereocenters. The molecular weight excluding hydrogens is 424 g/mol. The van der Waals surface area contributed by atoms with Gasteiger partial charge in [0.2, 0.25) is 5.91 Å². The second kappa shape index (κ2) is 12.6. The zero-order chi connectivity index (χ0) is 24.5. The lowest BCUT2D eigenvalue weighted by molar-refractivity contribution is -0.121. The topological polar surface area (TPSA) is 86.0 Å². The number of anilines is 1. The third-order valence-corrected chi connectivity index (χ3v) is 6.69. The second-order valence-electron chi connectivity index (χ2n) is 9.44. The molecule has 1 aliphatic heterocycles. The van der Waals surface area contributed by atoms with Crippen molar-refractivity contribution in [1.29, 1.82) is 0 Å². The normalized spacial score (nSPS) is 14.8. The summed E-state index contributed by atoms with van der Waals surface area (Å²) < 4.78 is 0. The van der Waals surface area contributed by atoms with Gasteiger partial charge < -0.3 is 20.9 Å². The summed E-state index contributed by atoms with van der Waals surface area (Å²) in [5.41, 5.74) is 6.67. The Bertz CT molecular complexity index is 1020. The molecule has 6 heteroatoms. The minimum atomic E-state index is -0.0835. The Kier molecular flexibility index (Phi) is 9.52. The lowest BCUT2D eigenvalue weighted by atomic mass is 9.93. The van der Waals surface area contributed by atoms with Crippen LogP contribution in [0.1, 0.15) is 85.9 Å². The van der Waals surface area contributed by atoms with Gasteiger partial charge in [-0.25, -0.2) is 0 Å². The number of aromatic amines is 1. The number of unbranched alkanes of at least 4 members (excludes halogenated alkanes) is 5. The number of H-pyrrole nitrogens is 1. The molecule has 34 heavy (non-hydrogen) atoms. The van der Waals surface area contributed by atoms with Crippen molar-refractivity contribution in [3.63, 3.8) is 0 Å². The number of aromatic nitrogens is 1. The van der Waals surface area contributed by atoms with E-state index in [1.807, 2.05) is 44.3 Å². The Labute approximate surface area is 204 Å². The molecule has 4 N–H and O–H groups in total. The van der Waals surface area contributed by atoms with Gasteiger partial charge in [-0.3, -0.25) is 9.59 Å². The molecule has 0 saturated heterocycles. The summed E-state index contributed by atoms with van der Waals surface area (Å²) in [5, 5.41) is 9.20. The minimum Gasteiger partial charge on any atom is -0.359 e. The predicted octanol–water partition coefficient (Wildman–Crippen LogP) is 5.29. The summed E-state index contributed by atoms with van der Waals surface area (Å²) in [4.78, 5) is 28.5. The Morgan fingerprint density at radius 2 is 1.71 bits per heavy atom. The molecule has 2 aromatic rings. The van der Waals surface area contributed by atoms with Crippen molar-refractivity contribution < 1.29 is 9.59 Å². The lowest BCUT2D eigenvalue weighted by Crippen LogP contribution is -2.25. The van der Waals surface area contributed by atoms with E-state index in [1.165, 1.54) is 32.1 Å². The van der Waals surface area contributed by atoms with Gasteiger partial charge in [-0.05, 0) is 69.5 Å². The molecule has 1 aromatic carbocycles. The van der Waals surface area contributed by atoms with Crippen LogP contribution in [0.2, 0.25) is 0 Å². The molecule has 184 valence electrons. The van der Waals surface area contributed by atoms with E-state index in [0.717, 1.165) is 53.3 Å². The van der Waals surface area contributed by atoms with Crippen LogP contribution in [0.25, 0.3) is 11.6 Å². The third-order valence-electron chi connectivity index (χ3n) is 6.69. The van der Waals surface area contributed by atoms with Crippen molar-refractivity contribution in [1.82, 2.24) is 15.6 Å². The highest BCUT2D eigenvalue weighted by atomic mass is 16.2. The zero-order valence-electron chi connectivity index (χ0n) is 21.1. The van der Waals surface area contributed by atoms with E-state index in [1.54, 1.807) is 0 Å². The van der Waals surface area contributed by atoms with Crippen LogP contribution in [-0.2, 0) is 9.59 Å². The average Bonchev–Trinajstić information content (AvgIpc) is 3.27. The van der Waals surface area contributed by atoms with E-state index in [4.69, 9.17) is 0 Å². The van der Waals surface area contributed by atoms with E-state index in [0.29, 0.717) is 12.0 Å². The average molecular weight is 465 g/mol. The maximum atomic E-state index is 12.5. The summed E-state index contributed by atoms with van der Waals surface area (Å²) in [6.45, 7) is 8.05. The van der Waals surface area contributed by atoms with Crippen LogP contribution in [0, 0.1) is 13.8 Å². The number of hydrogen-bond donors (Lipinski definition) is 4. The van der Waals surface area contributed by atoms with Gasteiger partial charge in [-0.15, -0.1) is 0 Å². The molecule has 1 aliphatic rings. The van der Waals surface area contributed by atoms with Crippen molar-refractivity contribution >= 4 is 29.2 Å². The number of hydrogen-bond acceptors (Lipinski definition) is 3. The van der Waals surface area contributed by atoms with Gasteiger partial charge in [0.25, 0.3) is 5.91 Å². The molecule has 0 saturated carbocycles. The maximum absolute atomic E-state index is 12.5. The number of carbonyl (C=O) groups is 2. The Balaban J connectivity index is 1.52. The first kappa shape index (κ1) is 25.8. The summed E-state index contributed by atoms with van der Waals surface area (Å²) in [7, 11) is 1.99. The molecule has 3 rings (SSSR count). The Morgan fingerprint density at radius 1 is 1.03 bits per heavy atom. The van der Waals surface area contributed by atoms with Gasteiger partial charge in [-0.2, -0.15) is 0 Å². The number of para-hydroxylation sites is 1. The van der Waals surface area contributed by atoms with Crippen molar-refractivity contribution in [3.05, 3.63) is 52.3 Å². The number of rotatable bonds is 13. The predicted molar refractivity (Wildman–Crippen MR) is 141 cm³/mol. The second-order valence-corrected chi connectivity index (χ2v) is 9.44. The van der Waals surface area contributed by atoms with E-state index in [-0.39, 0.29) is 17.7 Å². The maximum Gasteiger partial charge on any atom is 0.256 e. The van der Waals surface area contributed by atoms with Crippen LogP contribution in [0.15, 0.2) is 24.3 Å². The number of fused-ring (bicyclic) bond motifs is 1. The van der Waals surface area contributed by atoms with E-state index >= 15 is 0 Å². The zero-order valence-corrected chi connectivity index (χ0v) is 21.1. The number of nitrogens with one attached hydrogen (secondary N) is 4. The van der Waals surface area contributed by atoms with Gasteiger partial charge >= 0.3 is 0 Å². The molecule has 2 amide bonds. The molecule has 0 aliphatic carbocycles. The quantitative estimate of drug-likeness (QED) is 0.240. The molecule has 1 unspecified atom stereocenters. The first-order valence-electron chi connectivity index (χ1n) is 12.6. The van der Waals surface area contributed by atoms with Crippen LogP contribution < -0.4 is 16.0 Å². The van der Waals surface area contributed by atoms with Crippen molar-refractivity contribution in [2.45, 2.75) is 71.6 Å². The fourth-order valence-corrected chi connectivity index (χ4v) is 4.91. The Hall–Kier alpha value is -2.86. The molecule has 0 bridgehead atoms. The summed E-state index contributed by atoms with van der Waals surface area (Å²) in [6, 6.07) is 7.74. The standard InChI is InChI=1S/C28H40N4O2/c1-19(17-26(33)30-16-12-8-6-5-7-11-15-29-4)27-20(2)25(31-21(27)3)18-23-22-13-9-10-14-24(22)32-28(23)34/h9-10,13-14,18-19,29,31H,5-8,11-12,15-17H2,1-4H3,(H,30,33)(H,32,34). The summed E-state index contributed by atoms with van der Waals surface area (Å²) >= 11 is 0. The highest BCUT2D eigenvalue weighted by Crippen LogP contribution is 2.35. The Morgan fingerprint density at radius 3 is 2.44 bits per heavy atom. The van der Waals surface area contributed by atoms with Gasteiger partial charge in [0.1, 0.15) is 0 Å². The monoisotopic (exact) mass is 464 g/mol. The van der Waals surface area contributed by atoms with Crippen molar-refractivity contribution in [2.24, 2.45) is 0 Å². The molecule has 0 radical (unpaired) electrons. The molecule has 0 fully saturated rings. The number of benzene rings is 1. The molecule has 6 nitrogen and oxygen atoms in total. The van der Waals surface area contributed by atoms with E-state index < -0.39 is 0 Å². The smallest absolute Gasteiger partial charge is 0.256 e. The van der Waals surface area contributed by atoms with Gasteiger partial charge in [-0.1, -0.05) is 50.8 Å². The largest absolute Gasteiger partial charge is 0.359 e. The number of amides is 2. The number of carbonyl (C=O) groups excluding carboxylic acids is 2. The van der Waals surface area contributed by atoms with Gasteiger partial charge in [0.15, 0.2) is 0 Å². The summed E-state index contributed by atoms with van der Waals surface area (Å²) in [5.74, 6) is 0.116. The van der Waals surface area contributed by atoms with E-state index in [2.05, 4.69) is 34.8 Å². The first-order valence-corrected chi connectivity index (χ1v) is 12.6. The van der Waals surface area contributed by atoms with Crippen LogP contribution in [0.3, 0.4) is 0 Å². The van der Waals surface area contributed by atoms with E-state index in [9.17, 15) is 9.59 Å². The van der Waals surface area contributed by atoms with Crippen LogP contribution in [0.4, 0.5) is 5.69 Å². The van der Waals surface area contributed by atoms with Crippen LogP contribution in [0.5, 0.6) is 0 Å². The number of aryl methyl sites for hydroxylation is 1. The SMILES string of the molecule is CNCCCCCCCCNC(=O)CC(C)c1c(C)[nH]c(C=C2C(=O)Nc3ccccc32)c1C. The molecule has 2 heterocycles. The minimum absolute atomic E-state index is 0.0835. The fourth-order valence-electron chi connectivity index (χ4n) is 4.91. The first-order chi connectivity index (χ1) is 16.4. The highest BCUT2D eigenvalue weighted by Gasteiger charge is 2.25. The fraction of sp³-hybridized carbons (Fsp3) is 0.500. The van der Waals surface area contributed by atoms with Gasteiger partial charge in [0.05, 0.1) is 5.57 Å². The molecule has 0 spiro atoms. The summed E-state index contributed by atoms with van der Waals surface area (Å²) in [6.07, 6.45) is 9.61.